The summed E-state index contributed by atoms with van der Waals surface area (Å²) in [5.41, 5.74) is 11.3. The molecule has 2 fully saturated rings. The molecule has 0 aliphatic carbocycles. The second-order valence-corrected chi connectivity index (χ2v) is 18.8. The summed E-state index contributed by atoms with van der Waals surface area (Å²) in [4.78, 5) is 83.1. The van der Waals surface area contributed by atoms with Crippen LogP contribution in [0.25, 0.3) is 22.3 Å². The van der Waals surface area contributed by atoms with Crippen LogP contribution in [-0.2, 0) is 51.1 Å². The lowest BCUT2D eigenvalue weighted by Crippen LogP contribution is -2.58. The molecule has 6 atom stereocenters. The number of likely N-dealkylation sites (tertiary alicyclic amines) is 1. The monoisotopic (exact) mass is 900 g/mol. The maximum Gasteiger partial charge on any atom is 0.322 e. The number of morpholine rings is 1. The molecule has 4 amide bonds. The summed E-state index contributed by atoms with van der Waals surface area (Å²) in [6.45, 7) is 18.4. The fourth-order valence-corrected chi connectivity index (χ4v) is 9.45. The minimum Gasteiger partial charge on any atom is -0.464 e. The van der Waals surface area contributed by atoms with Crippen molar-refractivity contribution in [3.05, 3.63) is 54.4 Å². The van der Waals surface area contributed by atoms with E-state index in [9.17, 15) is 24.0 Å². The third kappa shape index (κ3) is 11.2. The van der Waals surface area contributed by atoms with E-state index in [1.54, 1.807) is 25.3 Å². The van der Waals surface area contributed by atoms with Gasteiger partial charge < -0.3 is 49.8 Å². The smallest absolute Gasteiger partial charge is 0.322 e. The zero-order valence-corrected chi connectivity index (χ0v) is 39.4. The van der Waals surface area contributed by atoms with Crippen molar-refractivity contribution in [1.29, 1.82) is 0 Å². The van der Waals surface area contributed by atoms with Gasteiger partial charge in [0.15, 0.2) is 0 Å². The number of amides is 4. The van der Waals surface area contributed by atoms with Gasteiger partial charge in [-0.1, -0.05) is 34.3 Å². The first kappa shape index (κ1) is 49.1. The van der Waals surface area contributed by atoms with Crippen LogP contribution < -0.4 is 21.3 Å². The summed E-state index contributed by atoms with van der Waals surface area (Å²) < 4.78 is 20.3. The van der Waals surface area contributed by atoms with E-state index in [2.05, 4.69) is 59.6 Å². The van der Waals surface area contributed by atoms with Gasteiger partial charge in [-0.3, -0.25) is 29.0 Å². The van der Waals surface area contributed by atoms with Gasteiger partial charge in [-0.15, -0.1) is 0 Å². The van der Waals surface area contributed by atoms with E-state index in [4.69, 9.17) is 29.9 Å². The lowest BCUT2D eigenvalue weighted by Gasteiger charge is -2.36. The fourth-order valence-electron chi connectivity index (χ4n) is 9.45. The van der Waals surface area contributed by atoms with E-state index in [0.717, 1.165) is 39.4 Å². The maximum atomic E-state index is 14.3. The van der Waals surface area contributed by atoms with Crippen molar-refractivity contribution in [1.82, 2.24) is 35.0 Å². The summed E-state index contributed by atoms with van der Waals surface area (Å²) >= 11 is 0. The molecule has 6 heterocycles. The largest absolute Gasteiger partial charge is 0.464 e. The highest BCUT2D eigenvalue weighted by Gasteiger charge is 2.39. The van der Waals surface area contributed by atoms with Crippen LogP contribution in [-0.4, -0.2) is 138 Å². The highest BCUT2D eigenvalue weighted by Crippen LogP contribution is 2.41. The number of nitrogens with one attached hydrogen (secondary N) is 2. The van der Waals surface area contributed by atoms with Crippen LogP contribution >= 0.6 is 0 Å². The normalized spacial score (nSPS) is 23.1. The van der Waals surface area contributed by atoms with Gasteiger partial charge >= 0.3 is 5.97 Å². The molecule has 0 saturated carbocycles. The SMILES string of the molecule is C=CC(=O)N1CC[C@H](C(=O)N(C)[C@H](C(=O)N[C@H]2C[C@@H]3CN(CCO3)c3ccc4c(n3)c(c(-c3cccnc3[C@H](C)OC)n4CC)CC(C)(C)COC(=O)[C@@H](N)CCCNC2=O)C(C)C)C1. The van der Waals surface area contributed by atoms with Gasteiger partial charge in [-0.2, -0.15) is 0 Å². The van der Waals surface area contributed by atoms with Gasteiger partial charge in [0.05, 0.1) is 53.8 Å². The molecule has 17 nitrogen and oxygen atoms in total. The number of cyclic esters (lactones) is 1. The Hall–Kier alpha value is -5.39. The summed E-state index contributed by atoms with van der Waals surface area (Å²) in [7, 11) is 3.26. The molecule has 0 spiro atoms. The predicted octanol–water partition coefficient (Wildman–Crippen LogP) is 3.77. The third-order valence-corrected chi connectivity index (χ3v) is 13.0. The lowest BCUT2D eigenvalue weighted by molar-refractivity contribution is -0.148. The number of esters is 1. The number of rotatable bonds is 10. The number of aromatic nitrogens is 3. The number of fused-ring (bicyclic) bond motifs is 4. The molecular formula is C48H69N9O8. The standard InChI is InChI=1S/C48H69N9O8/c1-10-39(58)56-21-18-31(26-56)46(61)54(8)42(29(3)4)45(60)52-36-24-32-27-55(22-23-64-32)38-17-16-37-41(53-38)34(43(57(37)11-2)33-14-12-19-50-40(33)30(5)63-9)25-48(6,7)28-65-47(62)35(49)15-13-20-51-44(36)59/h10,12,14,16-17,19,29-32,35-36,42H,1,11,13,15,18,20-28,49H2,2-9H3,(H,51,59)(H,52,60)/t30-,31-,32+,35-,36-,42-/m0/s1. The van der Waals surface area contributed by atoms with Gasteiger partial charge in [-0.25, -0.2) is 4.98 Å². The number of methoxy groups -OCH3 is 1. The molecule has 2 saturated heterocycles. The Morgan fingerprint density at radius 2 is 1.91 bits per heavy atom. The van der Waals surface area contributed by atoms with E-state index < -0.39 is 53.3 Å². The molecular weight excluding hydrogens is 831 g/mol. The first-order valence-electron chi connectivity index (χ1n) is 23.0. The van der Waals surface area contributed by atoms with Crippen LogP contribution in [0, 0.1) is 17.3 Å². The number of pyridine rings is 2. The van der Waals surface area contributed by atoms with Gasteiger partial charge in [0.1, 0.15) is 23.9 Å². The minimum atomic E-state index is -1.03. The topological polar surface area (TPSA) is 204 Å². The minimum absolute atomic E-state index is 0.112. The van der Waals surface area contributed by atoms with E-state index in [-0.39, 0.29) is 56.4 Å². The second kappa shape index (κ2) is 21.3. The molecule has 3 aromatic heterocycles. The van der Waals surface area contributed by atoms with E-state index in [1.165, 1.54) is 11.0 Å². The van der Waals surface area contributed by atoms with E-state index >= 15 is 0 Å². The van der Waals surface area contributed by atoms with Crippen LogP contribution in [0.1, 0.15) is 84.6 Å². The van der Waals surface area contributed by atoms with E-state index in [1.807, 2.05) is 32.9 Å². The van der Waals surface area contributed by atoms with Crippen LogP contribution in [0.2, 0.25) is 0 Å². The van der Waals surface area contributed by atoms with Gasteiger partial charge in [-0.05, 0) is 75.8 Å². The number of ether oxygens (including phenoxy) is 3. The van der Waals surface area contributed by atoms with Crippen LogP contribution in [0.4, 0.5) is 5.82 Å². The van der Waals surface area contributed by atoms with Gasteiger partial charge in [0.25, 0.3) is 0 Å². The van der Waals surface area contributed by atoms with Crippen molar-refractivity contribution in [2.45, 2.75) is 111 Å². The Balaban J connectivity index is 1.34. The number of nitrogens with two attached hydrogens (primary N) is 1. The molecule has 4 bridgehead atoms. The molecule has 3 aliphatic rings. The Bertz CT molecular complexity index is 2220. The second-order valence-electron chi connectivity index (χ2n) is 18.8. The van der Waals surface area contributed by atoms with Crippen molar-refractivity contribution in [3.8, 4) is 11.3 Å². The molecule has 0 aromatic carbocycles. The fraction of sp³-hybridized carbons (Fsp3) is 0.604. The number of likely N-dealkylation sites (N-methyl/N-ethyl adjacent to an activating group) is 1. The molecule has 354 valence electrons. The van der Waals surface area contributed by atoms with Crippen LogP contribution in [0.3, 0.4) is 0 Å². The average molecular weight is 900 g/mol. The highest BCUT2D eigenvalue weighted by molar-refractivity contribution is 5.94. The number of hydrogen-bond donors (Lipinski definition) is 3. The molecule has 3 aromatic rings. The van der Waals surface area contributed by atoms with Crippen LogP contribution in [0.5, 0.6) is 0 Å². The number of anilines is 1. The first-order valence-corrected chi connectivity index (χ1v) is 23.0. The molecule has 0 unspecified atom stereocenters. The van der Waals surface area contributed by atoms with Crippen molar-refractivity contribution in [3.63, 3.8) is 0 Å². The number of aryl methyl sites for hydroxylation is 1. The Kier molecular flexibility index (Phi) is 16.1. The molecule has 4 N–H and O–H groups in total. The lowest BCUT2D eigenvalue weighted by atomic mass is 9.85. The molecule has 3 aliphatic heterocycles. The Morgan fingerprint density at radius 3 is 2.62 bits per heavy atom. The van der Waals surface area contributed by atoms with Crippen molar-refractivity contribution in [2.24, 2.45) is 23.0 Å². The van der Waals surface area contributed by atoms with Crippen LogP contribution in [0.15, 0.2) is 43.1 Å². The summed E-state index contributed by atoms with van der Waals surface area (Å²) in [6, 6.07) is 5.25. The first-order chi connectivity index (χ1) is 31.0. The predicted molar refractivity (Wildman–Crippen MR) is 248 cm³/mol. The number of nitrogens with zero attached hydrogens (tertiary/aromatic N) is 6. The maximum absolute atomic E-state index is 14.3. The van der Waals surface area contributed by atoms with Gasteiger partial charge in [0.2, 0.25) is 23.6 Å². The molecule has 65 heavy (non-hydrogen) atoms. The zero-order chi connectivity index (χ0) is 47.2. The van der Waals surface area contributed by atoms with E-state index in [0.29, 0.717) is 52.0 Å². The highest BCUT2D eigenvalue weighted by atomic mass is 16.5. The third-order valence-electron chi connectivity index (χ3n) is 13.0. The quantitative estimate of drug-likeness (QED) is 0.197. The average Bonchev–Trinajstić information content (AvgIpc) is 3.91. The Labute approximate surface area is 382 Å². The molecule has 17 heteroatoms. The van der Waals surface area contributed by atoms with Crippen molar-refractivity contribution < 1.29 is 38.2 Å². The Morgan fingerprint density at radius 1 is 1.14 bits per heavy atom. The van der Waals surface area contributed by atoms with Crippen molar-refractivity contribution >= 4 is 46.4 Å². The summed E-state index contributed by atoms with van der Waals surface area (Å²) in [5.74, 6) is -1.95. The van der Waals surface area contributed by atoms with Crippen molar-refractivity contribution in [2.75, 3.05) is 65.0 Å². The molecule has 0 radical (unpaired) electrons. The number of carbonyl (C=O) groups excluding carboxylic acids is 5. The number of hydrogen-bond acceptors (Lipinski definition) is 12. The zero-order valence-electron chi connectivity index (χ0n) is 39.4. The summed E-state index contributed by atoms with van der Waals surface area (Å²) in [5, 5.41) is 5.93. The summed E-state index contributed by atoms with van der Waals surface area (Å²) in [6.07, 6.45) is 4.03. The molecule has 6 rings (SSSR count). The number of carbonyl (C=O) groups is 5. The van der Waals surface area contributed by atoms with Gasteiger partial charge in [0, 0.05) is 82.6 Å².